The first-order valence-corrected chi connectivity index (χ1v) is 6.45. The molecule has 1 aromatic carbocycles. The Morgan fingerprint density at radius 1 is 1.28 bits per heavy atom. The molecule has 0 saturated heterocycles. The van der Waals surface area contributed by atoms with E-state index in [1.807, 2.05) is 6.07 Å². The molecule has 0 atom stereocenters. The Morgan fingerprint density at radius 2 is 2.06 bits per heavy atom. The van der Waals surface area contributed by atoms with Crippen molar-refractivity contribution in [1.82, 2.24) is 5.32 Å². The molecule has 0 bridgehead atoms. The van der Waals surface area contributed by atoms with Crippen LogP contribution in [-0.2, 0) is 0 Å². The highest BCUT2D eigenvalue weighted by Gasteiger charge is 2.13. The molecule has 1 aliphatic rings. The van der Waals surface area contributed by atoms with Crippen molar-refractivity contribution in [3.8, 4) is 11.5 Å². The van der Waals surface area contributed by atoms with Crippen LogP contribution in [-0.4, -0.2) is 32.1 Å². The lowest BCUT2D eigenvalue weighted by molar-refractivity contribution is 0.0991. The molecule has 1 aromatic rings. The molecule has 1 heterocycles. The third kappa shape index (κ3) is 3.23. The van der Waals surface area contributed by atoms with Crippen molar-refractivity contribution in [1.29, 1.82) is 0 Å². The van der Waals surface area contributed by atoms with Gasteiger partial charge >= 0.3 is 0 Å². The molecule has 1 N–H and O–H groups in total. The largest absolute Gasteiger partial charge is 0.490 e. The fraction of sp³-hybridized carbons (Fsp3) is 0.500. The maximum absolute atomic E-state index is 11.9. The standard InChI is InChI=1S/C14H19NO3/c1-2-6-15-10-12(16)11-4-5-13-14(9-11)18-8-3-7-17-13/h4-5,9,15H,2-3,6-8,10H2,1H3. The van der Waals surface area contributed by atoms with E-state index in [1.165, 1.54) is 0 Å². The highest BCUT2D eigenvalue weighted by molar-refractivity contribution is 5.98. The van der Waals surface area contributed by atoms with Crippen molar-refractivity contribution >= 4 is 5.78 Å². The van der Waals surface area contributed by atoms with Crippen LogP contribution in [0.3, 0.4) is 0 Å². The van der Waals surface area contributed by atoms with Crippen molar-refractivity contribution in [3.05, 3.63) is 23.8 Å². The van der Waals surface area contributed by atoms with Gasteiger partial charge in [-0.2, -0.15) is 0 Å². The number of nitrogens with one attached hydrogen (secondary N) is 1. The summed E-state index contributed by atoms with van der Waals surface area (Å²) >= 11 is 0. The topological polar surface area (TPSA) is 47.6 Å². The van der Waals surface area contributed by atoms with Crippen LogP contribution in [0.25, 0.3) is 0 Å². The molecule has 0 aliphatic carbocycles. The smallest absolute Gasteiger partial charge is 0.176 e. The van der Waals surface area contributed by atoms with Crippen LogP contribution in [0.4, 0.5) is 0 Å². The summed E-state index contributed by atoms with van der Waals surface area (Å²) in [6.45, 7) is 4.60. The number of hydrogen-bond donors (Lipinski definition) is 1. The second kappa shape index (κ2) is 6.40. The third-order valence-corrected chi connectivity index (χ3v) is 2.78. The predicted octanol–water partition coefficient (Wildman–Crippen LogP) is 2.03. The molecule has 4 nitrogen and oxygen atoms in total. The van der Waals surface area contributed by atoms with E-state index in [9.17, 15) is 4.79 Å². The van der Waals surface area contributed by atoms with Gasteiger partial charge in [0.2, 0.25) is 0 Å². The Morgan fingerprint density at radius 3 is 2.83 bits per heavy atom. The Labute approximate surface area is 107 Å². The molecule has 4 heteroatoms. The van der Waals surface area contributed by atoms with E-state index in [-0.39, 0.29) is 5.78 Å². The number of ether oxygens (including phenoxy) is 2. The highest BCUT2D eigenvalue weighted by atomic mass is 16.5. The summed E-state index contributed by atoms with van der Waals surface area (Å²) in [5.41, 5.74) is 0.669. The van der Waals surface area contributed by atoms with E-state index < -0.39 is 0 Å². The summed E-state index contributed by atoms with van der Waals surface area (Å²) in [5.74, 6) is 1.48. The van der Waals surface area contributed by atoms with E-state index in [2.05, 4.69) is 12.2 Å². The van der Waals surface area contributed by atoms with Crippen molar-refractivity contribution in [2.24, 2.45) is 0 Å². The van der Waals surface area contributed by atoms with Gasteiger partial charge < -0.3 is 14.8 Å². The van der Waals surface area contributed by atoms with E-state index >= 15 is 0 Å². The van der Waals surface area contributed by atoms with Crippen molar-refractivity contribution in [3.63, 3.8) is 0 Å². The second-order valence-electron chi connectivity index (χ2n) is 4.31. The number of Topliss-reactive ketones (excluding diaryl/α,β-unsaturated/α-hetero) is 1. The first kappa shape index (κ1) is 12.9. The predicted molar refractivity (Wildman–Crippen MR) is 69.5 cm³/mol. The van der Waals surface area contributed by atoms with Gasteiger partial charge in [-0.25, -0.2) is 0 Å². The lowest BCUT2D eigenvalue weighted by atomic mass is 10.1. The molecule has 2 rings (SSSR count). The van der Waals surface area contributed by atoms with Gasteiger partial charge in [0.05, 0.1) is 19.8 Å². The molecule has 0 unspecified atom stereocenters. The van der Waals surface area contributed by atoms with Crippen LogP contribution in [0, 0.1) is 0 Å². The molecule has 1 aliphatic heterocycles. The molecule has 98 valence electrons. The van der Waals surface area contributed by atoms with Crippen molar-refractivity contribution in [2.75, 3.05) is 26.3 Å². The lowest BCUT2D eigenvalue weighted by Crippen LogP contribution is -2.23. The highest BCUT2D eigenvalue weighted by Crippen LogP contribution is 2.30. The van der Waals surface area contributed by atoms with E-state index in [4.69, 9.17) is 9.47 Å². The van der Waals surface area contributed by atoms with E-state index in [0.717, 1.165) is 25.1 Å². The normalized spacial score (nSPS) is 14.1. The van der Waals surface area contributed by atoms with Gasteiger partial charge in [0.1, 0.15) is 0 Å². The van der Waals surface area contributed by atoms with Crippen molar-refractivity contribution < 1.29 is 14.3 Å². The molecule has 0 amide bonds. The zero-order valence-corrected chi connectivity index (χ0v) is 10.7. The minimum atomic E-state index is 0.0825. The molecular formula is C14H19NO3. The lowest BCUT2D eigenvalue weighted by Gasteiger charge is -2.09. The number of hydrogen-bond acceptors (Lipinski definition) is 4. The minimum Gasteiger partial charge on any atom is -0.490 e. The maximum Gasteiger partial charge on any atom is 0.176 e. The fourth-order valence-electron chi connectivity index (χ4n) is 1.82. The average molecular weight is 249 g/mol. The number of ketones is 1. The summed E-state index contributed by atoms with van der Waals surface area (Å²) < 4.78 is 11.1. The van der Waals surface area contributed by atoms with Gasteiger partial charge in [-0.05, 0) is 31.2 Å². The third-order valence-electron chi connectivity index (χ3n) is 2.78. The van der Waals surface area contributed by atoms with Crippen LogP contribution in [0.1, 0.15) is 30.1 Å². The molecule has 0 spiro atoms. The summed E-state index contributed by atoms with van der Waals surface area (Å²) in [5, 5.41) is 3.10. The first-order chi connectivity index (χ1) is 8.81. The van der Waals surface area contributed by atoms with Crippen LogP contribution in [0.15, 0.2) is 18.2 Å². The second-order valence-corrected chi connectivity index (χ2v) is 4.31. The van der Waals surface area contributed by atoms with Gasteiger partial charge in [-0.15, -0.1) is 0 Å². The fourth-order valence-corrected chi connectivity index (χ4v) is 1.82. The number of carbonyl (C=O) groups excluding carboxylic acids is 1. The van der Waals surface area contributed by atoms with Crippen LogP contribution in [0.2, 0.25) is 0 Å². The van der Waals surface area contributed by atoms with E-state index in [1.54, 1.807) is 12.1 Å². The van der Waals surface area contributed by atoms with Gasteiger partial charge in [-0.3, -0.25) is 4.79 Å². The molecular weight excluding hydrogens is 230 g/mol. The summed E-state index contributed by atoms with van der Waals surface area (Å²) in [7, 11) is 0. The van der Waals surface area contributed by atoms with E-state index in [0.29, 0.717) is 31.1 Å². The molecule has 0 saturated carbocycles. The summed E-state index contributed by atoms with van der Waals surface area (Å²) in [6, 6.07) is 5.38. The Hall–Kier alpha value is -1.55. The quantitative estimate of drug-likeness (QED) is 0.640. The van der Waals surface area contributed by atoms with Crippen LogP contribution >= 0.6 is 0 Å². The zero-order chi connectivity index (χ0) is 12.8. The van der Waals surface area contributed by atoms with Gasteiger partial charge in [0.25, 0.3) is 0 Å². The molecule has 0 fully saturated rings. The molecule has 18 heavy (non-hydrogen) atoms. The number of benzene rings is 1. The maximum atomic E-state index is 11.9. The summed E-state index contributed by atoms with van der Waals surface area (Å²) in [4.78, 5) is 11.9. The Kier molecular flexibility index (Phi) is 4.59. The van der Waals surface area contributed by atoms with Crippen LogP contribution < -0.4 is 14.8 Å². The van der Waals surface area contributed by atoms with Gasteiger partial charge in [0, 0.05) is 12.0 Å². The first-order valence-electron chi connectivity index (χ1n) is 6.45. The number of carbonyl (C=O) groups is 1. The number of fused-ring (bicyclic) bond motifs is 1. The minimum absolute atomic E-state index is 0.0825. The Balaban J connectivity index is 2.05. The summed E-state index contributed by atoms with van der Waals surface area (Å²) in [6.07, 6.45) is 1.89. The average Bonchev–Trinajstić information content (AvgIpc) is 2.63. The SMILES string of the molecule is CCCNCC(=O)c1ccc2c(c1)OCCCO2. The molecule has 0 radical (unpaired) electrons. The van der Waals surface area contributed by atoms with Crippen LogP contribution in [0.5, 0.6) is 11.5 Å². The van der Waals surface area contributed by atoms with Gasteiger partial charge in [-0.1, -0.05) is 6.92 Å². The molecule has 0 aromatic heterocycles. The monoisotopic (exact) mass is 249 g/mol. The van der Waals surface area contributed by atoms with Gasteiger partial charge in [0.15, 0.2) is 17.3 Å². The van der Waals surface area contributed by atoms with Crippen molar-refractivity contribution in [2.45, 2.75) is 19.8 Å². The zero-order valence-electron chi connectivity index (χ0n) is 10.7. The number of rotatable bonds is 5. The Bertz CT molecular complexity index is 418.